The van der Waals surface area contributed by atoms with Crippen LogP contribution in [0.4, 0.5) is 0 Å². The van der Waals surface area contributed by atoms with E-state index < -0.39 is 0 Å². The maximum absolute atomic E-state index is 13.0. The molecule has 0 unspecified atom stereocenters. The Labute approximate surface area is 149 Å². The number of hydrogen-bond acceptors (Lipinski definition) is 2. The van der Waals surface area contributed by atoms with Crippen LogP contribution in [0.3, 0.4) is 0 Å². The summed E-state index contributed by atoms with van der Waals surface area (Å²) >= 11 is 0. The highest BCUT2D eigenvalue weighted by molar-refractivity contribution is 5.77. The van der Waals surface area contributed by atoms with Crippen LogP contribution in [0.5, 0.6) is 0 Å². The second kappa shape index (κ2) is 7.03. The van der Waals surface area contributed by atoms with Crippen LogP contribution in [0.2, 0.25) is 0 Å². The minimum Gasteiger partial charge on any atom is -0.342 e. The number of hydrogen-bond donors (Lipinski definition) is 1. The fourth-order valence-corrected chi connectivity index (χ4v) is 4.50. The number of aromatic amines is 1. The van der Waals surface area contributed by atoms with Crippen molar-refractivity contribution in [3.63, 3.8) is 0 Å². The third-order valence-electron chi connectivity index (χ3n) is 5.83. The Morgan fingerprint density at radius 3 is 3.00 bits per heavy atom. The molecule has 0 spiro atoms. The summed E-state index contributed by atoms with van der Waals surface area (Å²) < 4.78 is 0. The SMILES string of the molecule is Cc1cc([C@@H]2CCCN(C(=O)C[C@H]3CCCc4ccccc43)C2)n[nH]1. The highest BCUT2D eigenvalue weighted by atomic mass is 16.2. The molecule has 0 saturated carbocycles. The number of fused-ring (bicyclic) bond motifs is 1. The van der Waals surface area contributed by atoms with Crippen molar-refractivity contribution >= 4 is 5.91 Å². The summed E-state index contributed by atoms with van der Waals surface area (Å²) in [4.78, 5) is 15.0. The zero-order chi connectivity index (χ0) is 17.2. The van der Waals surface area contributed by atoms with Crippen molar-refractivity contribution in [2.75, 3.05) is 13.1 Å². The molecule has 1 aliphatic carbocycles. The first-order chi connectivity index (χ1) is 12.2. The van der Waals surface area contributed by atoms with Gasteiger partial charge in [-0.25, -0.2) is 0 Å². The van der Waals surface area contributed by atoms with E-state index in [1.54, 1.807) is 0 Å². The molecular formula is C21H27N3O. The third kappa shape index (κ3) is 3.48. The summed E-state index contributed by atoms with van der Waals surface area (Å²) in [5.74, 6) is 1.09. The lowest BCUT2D eigenvalue weighted by molar-refractivity contribution is -0.132. The zero-order valence-corrected chi connectivity index (χ0v) is 15.0. The fourth-order valence-electron chi connectivity index (χ4n) is 4.50. The average Bonchev–Trinajstić information content (AvgIpc) is 3.09. The van der Waals surface area contributed by atoms with Gasteiger partial charge in [-0.3, -0.25) is 9.89 Å². The second-order valence-corrected chi connectivity index (χ2v) is 7.65. The molecule has 2 aromatic rings. The molecule has 132 valence electrons. The molecule has 1 amide bonds. The molecule has 1 aromatic carbocycles. The largest absolute Gasteiger partial charge is 0.342 e. The van der Waals surface area contributed by atoms with Gasteiger partial charge in [-0.2, -0.15) is 5.10 Å². The van der Waals surface area contributed by atoms with E-state index in [0.29, 0.717) is 24.2 Å². The third-order valence-corrected chi connectivity index (χ3v) is 5.83. The molecule has 2 aliphatic rings. The Balaban J connectivity index is 1.43. The van der Waals surface area contributed by atoms with Gasteiger partial charge in [0, 0.05) is 31.1 Å². The Kier molecular flexibility index (Phi) is 4.60. The molecule has 1 fully saturated rings. The lowest BCUT2D eigenvalue weighted by Gasteiger charge is -2.34. The van der Waals surface area contributed by atoms with Gasteiger partial charge in [0.1, 0.15) is 0 Å². The van der Waals surface area contributed by atoms with Crippen molar-refractivity contribution in [2.45, 2.75) is 57.3 Å². The molecule has 4 nitrogen and oxygen atoms in total. The normalized spacial score (nSPS) is 23.3. The van der Waals surface area contributed by atoms with E-state index in [0.717, 1.165) is 50.2 Å². The number of aromatic nitrogens is 2. The maximum Gasteiger partial charge on any atom is 0.223 e. The highest BCUT2D eigenvalue weighted by Crippen LogP contribution is 2.35. The van der Waals surface area contributed by atoms with E-state index in [2.05, 4.69) is 45.4 Å². The standard InChI is InChI=1S/C21H27N3O/c1-15-12-20(23-22-15)18-9-5-11-24(14-18)21(25)13-17-8-4-7-16-6-2-3-10-19(16)17/h2-3,6,10,12,17-18H,4-5,7-9,11,13-14H2,1H3,(H,22,23)/t17-,18-/m1/s1. The average molecular weight is 337 g/mol. The van der Waals surface area contributed by atoms with Crippen molar-refractivity contribution in [1.82, 2.24) is 15.1 Å². The number of rotatable bonds is 3. The van der Waals surface area contributed by atoms with Crippen molar-refractivity contribution in [2.24, 2.45) is 0 Å². The van der Waals surface area contributed by atoms with Gasteiger partial charge < -0.3 is 4.90 Å². The van der Waals surface area contributed by atoms with E-state index in [1.165, 1.54) is 17.5 Å². The number of nitrogens with one attached hydrogen (secondary N) is 1. The number of likely N-dealkylation sites (tertiary alicyclic amines) is 1. The minimum absolute atomic E-state index is 0.318. The Morgan fingerprint density at radius 2 is 2.16 bits per heavy atom. The number of H-pyrrole nitrogens is 1. The molecule has 1 saturated heterocycles. The predicted octanol–water partition coefficient (Wildman–Crippen LogP) is 3.93. The van der Waals surface area contributed by atoms with Crippen LogP contribution in [0.15, 0.2) is 30.3 Å². The molecule has 1 aliphatic heterocycles. The van der Waals surface area contributed by atoms with Crippen molar-refractivity contribution in [3.05, 3.63) is 52.8 Å². The van der Waals surface area contributed by atoms with Gasteiger partial charge in [0.05, 0.1) is 5.69 Å². The van der Waals surface area contributed by atoms with Crippen LogP contribution in [0.1, 0.15) is 66.5 Å². The number of carbonyl (C=O) groups is 1. The molecular weight excluding hydrogens is 310 g/mol. The van der Waals surface area contributed by atoms with Gasteiger partial charge in [0.15, 0.2) is 0 Å². The van der Waals surface area contributed by atoms with Crippen LogP contribution < -0.4 is 0 Å². The predicted molar refractivity (Wildman–Crippen MR) is 98.6 cm³/mol. The zero-order valence-electron chi connectivity index (χ0n) is 15.0. The molecule has 2 atom stereocenters. The van der Waals surface area contributed by atoms with Gasteiger partial charge in [-0.1, -0.05) is 24.3 Å². The van der Waals surface area contributed by atoms with E-state index in [9.17, 15) is 4.79 Å². The number of piperidine rings is 1. The van der Waals surface area contributed by atoms with Crippen molar-refractivity contribution in [1.29, 1.82) is 0 Å². The fraction of sp³-hybridized carbons (Fsp3) is 0.524. The Bertz CT molecular complexity index is 751. The molecule has 0 radical (unpaired) electrons. The van der Waals surface area contributed by atoms with Crippen LogP contribution in [-0.4, -0.2) is 34.1 Å². The number of aryl methyl sites for hydroxylation is 2. The molecule has 4 rings (SSSR count). The van der Waals surface area contributed by atoms with Crippen molar-refractivity contribution in [3.8, 4) is 0 Å². The van der Waals surface area contributed by atoms with Crippen LogP contribution in [0.25, 0.3) is 0 Å². The highest BCUT2D eigenvalue weighted by Gasteiger charge is 2.29. The molecule has 4 heteroatoms. The molecule has 25 heavy (non-hydrogen) atoms. The first-order valence-electron chi connectivity index (χ1n) is 9.58. The van der Waals surface area contributed by atoms with Gasteiger partial charge in [-0.05, 0) is 62.1 Å². The van der Waals surface area contributed by atoms with Gasteiger partial charge in [0.2, 0.25) is 5.91 Å². The van der Waals surface area contributed by atoms with E-state index in [4.69, 9.17) is 0 Å². The number of amides is 1. The quantitative estimate of drug-likeness (QED) is 0.922. The maximum atomic E-state index is 13.0. The second-order valence-electron chi connectivity index (χ2n) is 7.65. The minimum atomic E-state index is 0.318. The molecule has 2 heterocycles. The number of nitrogens with zero attached hydrogens (tertiary/aromatic N) is 2. The first-order valence-corrected chi connectivity index (χ1v) is 9.58. The van der Waals surface area contributed by atoms with E-state index >= 15 is 0 Å². The number of benzene rings is 1. The van der Waals surface area contributed by atoms with E-state index in [1.807, 2.05) is 6.92 Å². The lowest BCUT2D eigenvalue weighted by atomic mass is 9.80. The van der Waals surface area contributed by atoms with Crippen LogP contribution in [0, 0.1) is 6.92 Å². The molecule has 1 aromatic heterocycles. The van der Waals surface area contributed by atoms with Crippen molar-refractivity contribution < 1.29 is 4.79 Å². The Morgan fingerprint density at radius 1 is 1.28 bits per heavy atom. The smallest absolute Gasteiger partial charge is 0.223 e. The molecule has 1 N–H and O–H groups in total. The molecule has 0 bridgehead atoms. The summed E-state index contributed by atoms with van der Waals surface area (Å²) in [6.07, 6.45) is 6.35. The van der Waals surface area contributed by atoms with Gasteiger partial charge >= 0.3 is 0 Å². The summed E-state index contributed by atoms with van der Waals surface area (Å²) in [5.41, 5.74) is 5.05. The monoisotopic (exact) mass is 337 g/mol. The van der Waals surface area contributed by atoms with Gasteiger partial charge in [0.25, 0.3) is 0 Å². The first kappa shape index (κ1) is 16.4. The Hall–Kier alpha value is -2.10. The summed E-state index contributed by atoms with van der Waals surface area (Å²) in [7, 11) is 0. The van der Waals surface area contributed by atoms with Gasteiger partial charge in [-0.15, -0.1) is 0 Å². The van der Waals surface area contributed by atoms with E-state index in [-0.39, 0.29) is 0 Å². The summed E-state index contributed by atoms with van der Waals surface area (Å²) in [6.45, 7) is 3.74. The summed E-state index contributed by atoms with van der Waals surface area (Å²) in [6, 6.07) is 10.8. The van der Waals surface area contributed by atoms with Crippen LogP contribution in [-0.2, 0) is 11.2 Å². The summed E-state index contributed by atoms with van der Waals surface area (Å²) in [5, 5.41) is 7.45. The van der Waals surface area contributed by atoms with Crippen LogP contribution >= 0.6 is 0 Å². The topological polar surface area (TPSA) is 49.0 Å². The number of carbonyl (C=O) groups excluding carboxylic acids is 1. The lowest BCUT2D eigenvalue weighted by Crippen LogP contribution is -2.40.